The fraction of sp³-hybridized carbons (Fsp3) is 0.333. The first-order valence-electron chi connectivity index (χ1n) is 8.44. The highest BCUT2D eigenvalue weighted by Crippen LogP contribution is 2.46. The van der Waals surface area contributed by atoms with E-state index in [1.54, 1.807) is 39.4 Å². The number of rotatable bonds is 8. The minimum absolute atomic E-state index is 0.330. The van der Waals surface area contributed by atoms with Gasteiger partial charge in [0.15, 0.2) is 5.65 Å². The molecule has 0 N–H and O–H groups in total. The van der Waals surface area contributed by atoms with Crippen molar-refractivity contribution in [3.63, 3.8) is 0 Å². The Morgan fingerprint density at radius 3 is 2.35 bits per heavy atom. The number of ether oxygens (including phenoxy) is 1. The van der Waals surface area contributed by atoms with Crippen molar-refractivity contribution in [3.8, 4) is 5.88 Å². The lowest BCUT2D eigenvalue weighted by atomic mass is 10.2. The van der Waals surface area contributed by atoms with Crippen molar-refractivity contribution in [3.05, 3.63) is 48.3 Å². The van der Waals surface area contributed by atoms with Crippen LogP contribution in [0.25, 0.3) is 11.2 Å². The third-order valence-corrected chi connectivity index (χ3v) is 6.00. The van der Waals surface area contributed by atoms with Gasteiger partial charge in [-0.1, -0.05) is 12.1 Å². The van der Waals surface area contributed by atoms with Gasteiger partial charge >= 0.3 is 7.60 Å². The summed E-state index contributed by atoms with van der Waals surface area (Å²) < 4.78 is 30.7. The zero-order valence-electron chi connectivity index (χ0n) is 15.1. The molecule has 0 aliphatic heterocycles. The van der Waals surface area contributed by atoms with E-state index in [0.29, 0.717) is 36.6 Å². The summed E-state index contributed by atoms with van der Waals surface area (Å²) in [4.78, 5) is 8.64. The normalized spacial score (nSPS) is 11.8. The molecule has 0 fully saturated rings. The molecule has 0 atom stereocenters. The van der Waals surface area contributed by atoms with E-state index in [4.69, 9.17) is 13.8 Å². The van der Waals surface area contributed by atoms with E-state index in [1.165, 1.54) is 0 Å². The number of aromatic nitrogens is 3. The summed E-state index contributed by atoms with van der Waals surface area (Å²) >= 11 is 0. The fourth-order valence-corrected chi connectivity index (χ4v) is 4.24. The van der Waals surface area contributed by atoms with Crippen LogP contribution in [0.2, 0.25) is 0 Å². The molecule has 0 radical (unpaired) electrons. The summed E-state index contributed by atoms with van der Waals surface area (Å²) in [7, 11) is -1.67. The molecular formula is C18H22N3O4P. The number of hydrogen-bond acceptors (Lipinski definition) is 6. The van der Waals surface area contributed by atoms with Gasteiger partial charge in [0.05, 0.1) is 37.5 Å². The van der Waals surface area contributed by atoms with Crippen molar-refractivity contribution in [1.82, 2.24) is 14.5 Å². The Balaban J connectivity index is 1.82. The molecule has 0 unspecified atom stereocenters. The van der Waals surface area contributed by atoms with Crippen LogP contribution in [0, 0.1) is 0 Å². The molecule has 0 aliphatic carbocycles. The summed E-state index contributed by atoms with van der Waals surface area (Å²) in [5, 5.41) is 0.562. The molecule has 0 bridgehead atoms. The first-order chi connectivity index (χ1) is 12.6. The number of fused-ring (bicyclic) bond motifs is 1. The average Bonchev–Trinajstić information content (AvgIpc) is 3.04. The molecule has 3 rings (SSSR count). The largest absolute Gasteiger partial charge is 0.481 e. The Morgan fingerprint density at radius 1 is 1.04 bits per heavy atom. The smallest absolute Gasteiger partial charge is 0.361 e. The highest BCUT2D eigenvalue weighted by atomic mass is 31.2. The number of hydrogen-bond donors (Lipinski definition) is 0. The molecule has 138 valence electrons. The summed E-state index contributed by atoms with van der Waals surface area (Å²) in [5.41, 5.74) is 2.60. The molecule has 26 heavy (non-hydrogen) atoms. The third-order valence-electron chi connectivity index (χ3n) is 3.87. The van der Waals surface area contributed by atoms with Crippen LogP contribution < -0.4 is 10.0 Å². The minimum atomic E-state index is -3.25. The molecule has 7 nitrogen and oxygen atoms in total. The van der Waals surface area contributed by atoms with Crippen LogP contribution in [0.4, 0.5) is 0 Å². The van der Waals surface area contributed by atoms with Gasteiger partial charge in [0, 0.05) is 12.6 Å². The van der Waals surface area contributed by atoms with Gasteiger partial charge in [0.2, 0.25) is 5.88 Å². The van der Waals surface area contributed by atoms with Crippen molar-refractivity contribution < 1.29 is 18.3 Å². The molecular weight excluding hydrogens is 353 g/mol. The Kier molecular flexibility index (Phi) is 5.71. The van der Waals surface area contributed by atoms with Gasteiger partial charge in [0.25, 0.3) is 0 Å². The number of pyridine rings is 1. The minimum Gasteiger partial charge on any atom is -0.481 e. The highest BCUT2D eigenvalue weighted by molar-refractivity contribution is 7.62. The highest BCUT2D eigenvalue weighted by Gasteiger charge is 2.26. The quantitative estimate of drug-likeness (QED) is 0.562. The van der Waals surface area contributed by atoms with E-state index in [9.17, 15) is 4.57 Å². The van der Waals surface area contributed by atoms with Crippen LogP contribution in [0.1, 0.15) is 19.4 Å². The lowest BCUT2D eigenvalue weighted by molar-refractivity contribution is 0.230. The van der Waals surface area contributed by atoms with E-state index in [0.717, 1.165) is 11.1 Å². The van der Waals surface area contributed by atoms with Crippen molar-refractivity contribution in [2.75, 3.05) is 20.3 Å². The van der Waals surface area contributed by atoms with E-state index < -0.39 is 7.60 Å². The third kappa shape index (κ3) is 3.80. The van der Waals surface area contributed by atoms with Crippen LogP contribution in [0.15, 0.2) is 42.7 Å². The van der Waals surface area contributed by atoms with Gasteiger partial charge in [0.1, 0.15) is 0 Å². The maximum absolute atomic E-state index is 12.8. The Labute approximate surface area is 152 Å². The molecule has 2 heterocycles. The standard InChI is InChI=1S/C18H22N3O4P/c1-4-24-26(22,25-5-2)15-8-6-14(7-9-15)12-21-13-19-18-16(21)10-11-17(20-18)23-3/h6-11,13H,4-5,12H2,1-3H3. The number of nitrogens with zero attached hydrogens (tertiary/aromatic N) is 3. The van der Waals surface area contributed by atoms with Gasteiger partial charge in [-0.25, -0.2) is 4.98 Å². The SMILES string of the molecule is CCOP(=O)(OCC)c1ccc(Cn2cnc3nc(OC)ccc32)cc1. The predicted octanol–water partition coefficient (Wildman–Crippen LogP) is 3.38. The first-order valence-corrected chi connectivity index (χ1v) is 9.98. The van der Waals surface area contributed by atoms with Crippen molar-refractivity contribution >= 4 is 24.1 Å². The Bertz CT molecular complexity index is 914. The van der Waals surface area contributed by atoms with Crippen molar-refractivity contribution in [1.29, 1.82) is 0 Å². The molecule has 0 amide bonds. The second-order valence-corrected chi connectivity index (χ2v) is 7.60. The second-order valence-electron chi connectivity index (χ2n) is 5.57. The molecule has 8 heteroatoms. The van der Waals surface area contributed by atoms with E-state index in [-0.39, 0.29) is 0 Å². The fourth-order valence-electron chi connectivity index (χ4n) is 2.68. The van der Waals surface area contributed by atoms with Crippen molar-refractivity contribution in [2.45, 2.75) is 20.4 Å². The summed E-state index contributed by atoms with van der Waals surface area (Å²) in [5.74, 6) is 0.537. The zero-order valence-corrected chi connectivity index (χ0v) is 16.0. The van der Waals surface area contributed by atoms with Crippen LogP contribution >= 0.6 is 7.60 Å². The molecule has 3 aromatic rings. The maximum Gasteiger partial charge on any atom is 0.361 e. The summed E-state index contributed by atoms with van der Waals surface area (Å²) in [6, 6.07) is 11.2. The Hall–Kier alpha value is -2.21. The van der Waals surface area contributed by atoms with Gasteiger partial charge in [-0.3, -0.25) is 4.57 Å². The van der Waals surface area contributed by atoms with E-state index in [2.05, 4.69) is 9.97 Å². The number of imidazole rings is 1. The summed E-state index contributed by atoms with van der Waals surface area (Å²) in [6.45, 7) is 4.88. The monoisotopic (exact) mass is 375 g/mol. The molecule has 2 aromatic heterocycles. The zero-order chi connectivity index (χ0) is 18.6. The average molecular weight is 375 g/mol. The van der Waals surface area contributed by atoms with Crippen LogP contribution in [-0.2, 0) is 20.2 Å². The second kappa shape index (κ2) is 7.99. The molecule has 0 spiro atoms. The van der Waals surface area contributed by atoms with E-state index in [1.807, 2.05) is 28.8 Å². The van der Waals surface area contributed by atoms with Crippen molar-refractivity contribution in [2.24, 2.45) is 0 Å². The lowest BCUT2D eigenvalue weighted by Gasteiger charge is -2.17. The predicted molar refractivity (Wildman–Crippen MR) is 100 cm³/mol. The topological polar surface area (TPSA) is 75.5 Å². The van der Waals surface area contributed by atoms with Gasteiger partial charge in [-0.05, 0) is 37.6 Å². The van der Waals surface area contributed by atoms with Gasteiger partial charge < -0.3 is 18.4 Å². The summed E-state index contributed by atoms with van der Waals surface area (Å²) in [6.07, 6.45) is 1.75. The molecule has 1 aromatic carbocycles. The van der Waals surface area contributed by atoms with Gasteiger partial charge in [-0.15, -0.1) is 0 Å². The maximum atomic E-state index is 12.8. The molecule has 0 saturated heterocycles. The van der Waals surface area contributed by atoms with Crippen LogP contribution in [-0.4, -0.2) is 34.9 Å². The van der Waals surface area contributed by atoms with Crippen LogP contribution in [0.5, 0.6) is 5.88 Å². The number of methoxy groups -OCH3 is 1. The first kappa shape index (κ1) is 18.6. The molecule has 0 aliphatic rings. The lowest BCUT2D eigenvalue weighted by Crippen LogP contribution is -2.11. The molecule has 0 saturated carbocycles. The Morgan fingerprint density at radius 2 is 1.73 bits per heavy atom. The van der Waals surface area contributed by atoms with Gasteiger partial charge in [-0.2, -0.15) is 4.98 Å². The van der Waals surface area contributed by atoms with Crippen LogP contribution in [0.3, 0.4) is 0 Å². The van der Waals surface area contributed by atoms with E-state index >= 15 is 0 Å². The number of benzene rings is 1.